The molecule has 1 saturated carbocycles. The third-order valence-electron chi connectivity index (χ3n) is 5.40. The van der Waals surface area contributed by atoms with E-state index < -0.39 is 0 Å². The van der Waals surface area contributed by atoms with E-state index in [1.807, 2.05) is 11.0 Å². The largest absolute Gasteiger partial charge is 0.496 e. The second-order valence-corrected chi connectivity index (χ2v) is 6.82. The highest BCUT2D eigenvalue weighted by atomic mass is 16.5. The first kappa shape index (κ1) is 16.8. The summed E-state index contributed by atoms with van der Waals surface area (Å²) in [6, 6.07) is 7.04. The van der Waals surface area contributed by atoms with E-state index in [1.54, 1.807) is 18.2 Å². The molecular formula is C19H26N2O3. The fraction of sp³-hybridized carbons (Fsp3) is 0.579. The van der Waals surface area contributed by atoms with Gasteiger partial charge in [-0.05, 0) is 36.8 Å². The fourth-order valence-electron chi connectivity index (χ4n) is 4.02. The Hall–Kier alpha value is -2.04. The number of fused-ring (bicyclic) bond motifs is 1. The topological polar surface area (TPSA) is 58.6 Å². The molecule has 5 heteroatoms. The lowest BCUT2D eigenvalue weighted by molar-refractivity contribution is -0.133. The van der Waals surface area contributed by atoms with Gasteiger partial charge in [-0.3, -0.25) is 9.59 Å². The molecule has 2 amide bonds. The molecule has 0 aromatic heterocycles. The number of para-hydroxylation sites is 1. The van der Waals surface area contributed by atoms with E-state index in [0.29, 0.717) is 17.2 Å². The molecule has 0 radical (unpaired) electrons. The second-order valence-electron chi connectivity index (χ2n) is 6.82. The van der Waals surface area contributed by atoms with Crippen LogP contribution in [0.3, 0.4) is 0 Å². The van der Waals surface area contributed by atoms with Crippen LogP contribution < -0.4 is 10.1 Å². The second kappa shape index (κ2) is 7.69. The first-order valence-electron chi connectivity index (χ1n) is 8.88. The van der Waals surface area contributed by atoms with E-state index >= 15 is 0 Å². The Morgan fingerprint density at radius 3 is 2.71 bits per heavy atom. The lowest BCUT2D eigenvalue weighted by Crippen LogP contribution is -2.48. The van der Waals surface area contributed by atoms with E-state index in [0.717, 1.165) is 25.4 Å². The summed E-state index contributed by atoms with van der Waals surface area (Å²) in [6.45, 7) is 1.73. The summed E-state index contributed by atoms with van der Waals surface area (Å²) in [5.41, 5.74) is 0.457. The van der Waals surface area contributed by atoms with Crippen molar-refractivity contribution >= 4 is 11.8 Å². The molecule has 2 unspecified atom stereocenters. The number of amides is 2. The number of hydrogen-bond donors (Lipinski definition) is 1. The average molecular weight is 330 g/mol. The van der Waals surface area contributed by atoms with Gasteiger partial charge in [0.25, 0.3) is 5.91 Å². The van der Waals surface area contributed by atoms with Crippen LogP contribution in [0.5, 0.6) is 5.75 Å². The van der Waals surface area contributed by atoms with Crippen LogP contribution in [0.15, 0.2) is 24.3 Å². The van der Waals surface area contributed by atoms with Crippen LogP contribution in [0.2, 0.25) is 0 Å². The van der Waals surface area contributed by atoms with Crippen LogP contribution >= 0.6 is 0 Å². The van der Waals surface area contributed by atoms with Crippen LogP contribution in [-0.4, -0.2) is 43.5 Å². The average Bonchev–Trinajstić information content (AvgIpc) is 2.65. The maximum atomic E-state index is 12.4. The van der Waals surface area contributed by atoms with Crippen molar-refractivity contribution in [2.75, 3.05) is 26.7 Å². The highest BCUT2D eigenvalue weighted by Crippen LogP contribution is 2.35. The predicted octanol–water partition coefficient (Wildman–Crippen LogP) is 2.46. The molecule has 1 aromatic rings. The minimum Gasteiger partial charge on any atom is -0.496 e. The van der Waals surface area contributed by atoms with Crippen molar-refractivity contribution in [1.29, 1.82) is 0 Å². The number of hydrogen-bond acceptors (Lipinski definition) is 3. The zero-order chi connectivity index (χ0) is 16.9. The van der Waals surface area contributed by atoms with Crippen molar-refractivity contribution in [3.63, 3.8) is 0 Å². The van der Waals surface area contributed by atoms with Gasteiger partial charge in [0, 0.05) is 13.1 Å². The molecule has 2 aliphatic rings. The maximum Gasteiger partial charge on any atom is 0.255 e. The van der Waals surface area contributed by atoms with Crippen molar-refractivity contribution in [3.05, 3.63) is 29.8 Å². The number of benzene rings is 1. The van der Waals surface area contributed by atoms with Crippen LogP contribution in [-0.2, 0) is 4.79 Å². The SMILES string of the molecule is COc1ccccc1C(=O)NCC(=O)N1CCC2CCCCC2C1. The number of rotatable bonds is 4. The van der Waals surface area contributed by atoms with Gasteiger partial charge in [-0.1, -0.05) is 31.4 Å². The molecule has 2 fully saturated rings. The van der Waals surface area contributed by atoms with Gasteiger partial charge in [-0.15, -0.1) is 0 Å². The van der Waals surface area contributed by atoms with Gasteiger partial charge in [0.05, 0.1) is 19.2 Å². The molecule has 24 heavy (non-hydrogen) atoms. The van der Waals surface area contributed by atoms with Gasteiger partial charge in [-0.2, -0.15) is 0 Å². The maximum absolute atomic E-state index is 12.4. The molecule has 2 atom stereocenters. The van der Waals surface area contributed by atoms with E-state index in [4.69, 9.17) is 4.74 Å². The summed E-state index contributed by atoms with van der Waals surface area (Å²) in [5, 5.41) is 2.73. The Morgan fingerprint density at radius 2 is 1.92 bits per heavy atom. The number of likely N-dealkylation sites (tertiary alicyclic amines) is 1. The normalized spacial score (nSPS) is 23.3. The zero-order valence-electron chi connectivity index (χ0n) is 14.3. The zero-order valence-corrected chi connectivity index (χ0v) is 14.3. The highest BCUT2D eigenvalue weighted by molar-refractivity contribution is 5.98. The minimum absolute atomic E-state index is 0.0160. The molecule has 1 saturated heterocycles. The van der Waals surface area contributed by atoms with E-state index in [1.165, 1.54) is 32.8 Å². The third-order valence-corrected chi connectivity index (χ3v) is 5.40. The molecule has 130 valence electrons. The van der Waals surface area contributed by atoms with Crippen molar-refractivity contribution in [1.82, 2.24) is 10.2 Å². The van der Waals surface area contributed by atoms with E-state index in [-0.39, 0.29) is 18.4 Å². The summed E-state index contributed by atoms with van der Waals surface area (Å²) in [4.78, 5) is 26.6. The van der Waals surface area contributed by atoms with Crippen molar-refractivity contribution in [2.45, 2.75) is 32.1 Å². The molecule has 1 aromatic carbocycles. The Balaban J connectivity index is 1.53. The molecular weight excluding hydrogens is 304 g/mol. The number of ether oxygens (including phenoxy) is 1. The number of carbonyl (C=O) groups is 2. The summed E-state index contributed by atoms with van der Waals surface area (Å²) in [6.07, 6.45) is 6.29. The third kappa shape index (κ3) is 3.71. The van der Waals surface area contributed by atoms with Crippen LogP contribution in [0.1, 0.15) is 42.5 Å². The van der Waals surface area contributed by atoms with Gasteiger partial charge in [-0.25, -0.2) is 0 Å². The molecule has 3 rings (SSSR count). The molecule has 1 N–H and O–H groups in total. The molecule has 5 nitrogen and oxygen atoms in total. The lowest BCUT2D eigenvalue weighted by atomic mass is 9.75. The van der Waals surface area contributed by atoms with Crippen molar-refractivity contribution < 1.29 is 14.3 Å². The number of methoxy groups -OCH3 is 1. The molecule has 0 bridgehead atoms. The Morgan fingerprint density at radius 1 is 1.17 bits per heavy atom. The van der Waals surface area contributed by atoms with Crippen molar-refractivity contribution in [2.24, 2.45) is 11.8 Å². The number of nitrogens with one attached hydrogen (secondary N) is 1. The first-order chi connectivity index (χ1) is 11.7. The van der Waals surface area contributed by atoms with E-state index in [2.05, 4.69) is 5.32 Å². The molecule has 1 heterocycles. The predicted molar refractivity (Wildman–Crippen MR) is 92.0 cm³/mol. The van der Waals surface area contributed by atoms with Gasteiger partial charge in [0.15, 0.2) is 0 Å². The Labute approximate surface area is 143 Å². The first-order valence-corrected chi connectivity index (χ1v) is 8.88. The van der Waals surface area contributed by atoms with Gasteiger partial charge in [0.2, 0.25) is 5.91 Å². The molecule has 1 aliphatic heterocycles. The Kier molecular flexibility index (Phi) is 5.38. The quantitative estimate of drug-likeness (QED) is 0.922. The van der Waals surface area contributed by atoms with Gasteiger partial charge >= 0.3 is 0 Å². The molecule has 0 spiro atoms. The monoisotopic (exact) mass is 330 g/mol. The van der Waals surface area contributed by atoms with Gasteiger partial charge in [0.1, 0.15) is 5.75 Å². The van der Waals surface area contributed by atoms with Crippen LogP contribution in [0, 0.1) is 11.8 Å². The summed E-state index contributed by atoms with van der Waals surface area (Å²) in [7, 11) is 1.53. The van der Waals surface area contributed by atoms with E-state index in [9.17, 15) is 9.59 Å². The lowest BCUT2D eigenvalue weighted by Gasteiger charge is -2.41. The molecule has 1 aliphatic carbocycles. The van der Waals surface area contributed by atoms with Crippen LogP contribution in [0.25, 0.3) is 0 Å². The van der Waals surface area contributed by atoms with Crippen LogP contribution in [0.4, 0.5) is 0 Å². The number of carbonyl (C=O) groups excluding carboxylic acids is 2. The van der Waals surface area contributed by atoms with Gasteiger partial charge < -0.3 is 15.0 Å². The standard InChI is InChI=1S/C19H26N2O3/c1-24-17-9-5-4-8-16(17)19(23)20-12-18(22)21-11-10-14-6-2-3-7-15(14)13-21/h4-5,8-9,14-15H,2-3,6-7,10-13H2,1H3,(H,20,23). The summed E-state index contributed by atoms with van der Waals surface area (Å²) in [5.74, 6) is 1.72. The summed E-state index contributed by atoms with van der Waals surface area (Å²) < 4.78 is 5.19. The Bertz CT molecular complexity index is 602. The summed E-state index contributed by atoms with van der Waals surface area (Å²) >= 11 is 0. The smallest absolute Gasteiger partial charge is 0.255 e. The minimum atomic E-state index is -0.270. The number of nitrogens with zero attached hydrogens (tertiary/aromatic N) is 1. The van der Waals surface area contributed by atoms with Crippen molar-refractivity contribution in [3.8, 4) is 5.75 Å². The number of piperidine rings is 1. The fourth-order valence-corrected chi connectivity index (χ4v) is 4.02. The highest BCUT2D eigenvalue weighted by Gasteiger charge is 2.32.